The van der Waals surface area contributed by atoms with E-state index in [2.05, 4.69) is 5.32 Å². The van der Waals surface area contributed by atoms with Gasteiger partial charge in [-0.3, -0.25) is 9.59 Å². The van der Waals surface area contributed by atoms with Gasteiger partial charge in [0.15, 0.2) is 11.5 Å². The molecule has 0 unspecified atom stereocenters. The molecule has 2 N–H and O–H groups in total. The summed E-state index contributed by atoms with van der Waals surface area (Å²) < 4.78 is 16.3. The minimum atomic E-state index is -0.965. The van der Waals surface area contributed by atoms with Crippen LogP contribution < -0.4 is 19.5 Å². The number of amides is 1. The Balaban J connectivity index is 2.19. The molecule has 0 bridgehead atoms. The van der Waals surface area contributed by atoms with Crippen molar-refractivity contribution in [1.29, 1.82) is 0 Å². The first-order valence-electron chi connectivity index (χ1n) is 7.96. The highest BCUT2D eigenvalue weighted by atomic mass is 16.6. The van der Waals surface area contributed by atoms with E-state index >= 15 is 0 Å². The Kier molecular flexibility index (Phi) is 5.54. The number of aliphatic carboxylic acids is 1. The van der Waals surface area contributed by atoms with Gasteiger partial charge in [-0.25, -0.2) is 0 Å². The average Bonchev–Trinajstić information content (AvgIpc) is 2.61. The Morgan fingerprint density at radius 2 is 1.92 bits per heavy atom. The maximum atomic E-state index is 12.4. The van der Waals surface area contributed by atoms with Crippen molar-refractivity contribution in [3.05, 3.63) is 17.7 Å². The number of methoxy groups -OCH3 is 1. The van der Waals surface area contributed by atoms with Crippen molar-refractivity contribution in [3.63, 3.8) is 0 Å². The third kappa shape index (κ3) is 3.39. The molecule has 0 atom stereocenters. The third-order valence-corrected chi connectivity index (χ3v) is 4.48. The summed E-state index contributed by atoms with van der Waals surface area (Å²) in [5.74, 6) is 0.0433. The summed E-state index contributed by atoms with van der Waals surface area (Å²) in [5, 5.41) is 12.1. The fourth-order valence-electron chi connectivity index (χ4n) is 2.63. The Morgan fingerprint density at radius 3 is 2.50 bits per heavy atom. The van der Waals surface area contributed by atoms with Gasteiger partial charge in [-0.05, 0) is 25.0 Å². The summed E-state index contributed by atoms with van der Waals surface area (Å²) in [6.45, 7) is 4.48. The highest BCUT2D eigenvalue weighted by Gasteiger charge is 2.35. The predicted molar refractivity (Wildman–Crippen MR) is 87.0 cm³/mol. The van der Waals surface area contributed by atoms with Gasteiger partial charge in [-0.15, -0.1) is 0 Å². The Hall–Kier alpha value is -2.44. The van der Waals surface area contributed by atoms with Crippen LogP contribution in [0, 0.1) is 5.41 Å². The van der Waals surface area contributed by atoms with Crippen molar-refractivity contribution >= 4 is 11.9 Å². The zero-order valence-electron chi connectivity index (χ0n) is 14.2. The van der Waals surface area contributed by atoms with Gasteiger partial charge >= 0.3 is 5.97 Å². The summed E-state index contributed by atoms with van der Waals surface area (Å²) in [4.78, 5) is 24.0. The lowest BCUT2D eigenvalue weighted by Crippen LogP contribution is -2.42. The number of carboxylic acid groups (broad SMARTS) is 1. The smallest absolute Gasteiger partial charge is 0.311 e. The maximum absolute atomic E-state index is 12.4. The Morgan fingerprint density at radius 1 is 1.25 bits per heavy atom. The van der Waals surface area contributed by atoms with E-state index in [1.165, 1.54) is 7.11 Å². The molecule has 0 saturated carbocycles. The van der Waals surface area contributed by atoms with Crippen molar-refractivity contribution in [3.8, 4) is 17.2 Å². The standard InChI is InChI=1S/C17H23NO6/c1-4-17(5-2,16(20)21)10-18-15(19)11-8-12(22-3)14-13(9-11)23-6-7-24-14/h8-9H,4-7,10H2,1-3H3,(H,18,19)(H,20,21). The van der Waals surface area contributed by atoms with Gasteiger partial charge in [0, 0.05) is 12.1 Å². The topological polar surface area (TPSA) is 94.1 Å². The molecule has 2 rings (SSSR count). The fraction of sp³-hybridized carbons (Fsp3) is 0.529. The summed E-state index contributed by atoms with van der Waals surface area (Å²) in [6.07, 6.45) is 0.868. The van der Waals surface area contributed by atoms with Crippen LogP contribution in [0.5, 0.6) is 17.2 Å². The largest absolute Gasteiger partial charge is 0.493 e. The third-order valence-electron chi connectivity index (χ3n) is 4.48. The molecule has 24 heavy (non-hydrogen) atoms. The summed E-state index contributed by atoms with van der Waals surface area (Å²) in [7, 11) is 1.49. The van der Waals surface area contributed by atoms with E-state index in [1.54, 1.807) is 26.0 Å². The molecular weight excluding hydrogens is 314 g/mol. The molecule has 0 aliphatic carbocycles. The van der Waals surface area contributed by atoms with Crippen LogP contribution in [0.1, 0.15) is 37.0 Å². The van der Waals surface area contributed by atoms with Crippen molar-refractivity contribution in [1.82, 2.24) is 5.32 Å². The van der Waals surface area contributed by atoms with E-state index in [-0.39, 0.29) is 12.5 Å². The number of hydrogen-bond acceptors (Lipinski definition) is 5. The van der Waals surface area contributed by atoms with Crippen molar-refractivity contribution in [2.24, 2.45) is 5.41 Å². The Bertz CT molecular complexity index is 607. The number of carbonyl (C=O) groups is 2. The summed E-state index contributed by atoms with van der Waals surface area (Å²) in [6, 6.07) is 3.13. The highest BCUT2D eigenvalue weighted by Crippen LogP contribution is 2.40. The van der Waals surface area contributed by atoms with Crippen molar-refractivity contribution in [2.75, 3.05) is 26.9 Å². The number of carbonyl (C=O) groups excluding carboxylic acids is 1. The molecule has 1 aliphatic rings. The van der Waals surface area contributed by atoms with Crippen LogP contribution in [0.3, 0.4) is 0 Å². The molecule has 0 saturated heterocycles. The molecule has 0 spiro atoms. The minimum Gasteiger partial charge on any atom is -0.493 e. The summed E-state index contributed by atoms with van der Waals surface area (Å²) in [5.41, 5.74) is -0.629. The van der Waals surface area contributed by atoms with Crippen molar-refractivity contribution < 1.29 is 28.9 Å². The quantitative estimate of drug-likeness (QED) is 0.791. The monoisotopic (exact) mass is 337 g/mol. The number of hydrogen-bond donors (Lipinski definition) is 2. The molecule has 7 heteroatoms. The number of carboxylic acids is 1. The molecule has 7 nitrogen and oxygen atoms in total. The second-order valence-electron chi connectivity index (χ2n) is 5.68. The second-order valence-corrected chi connectivity index (χ2v) is 5.68. The SMILES string of the molecule is CCC(CC)(CNC(=O)c1cc(OC)c2c(c1)OCCO2)C(=O)O. The molecule has 1 aromatic carbocycles. The fourth-order valence-corrected chi connectivity index (χ4v) is 2.63. The molecular formula is C17H23NO6. The maximum Gasteiger partial charge on any atom is 0.311 e. The van der Waals surface area contributed by atoms with Gasteiger partial charge in [0.1, 0.15) is 13.2 Å². The molecule has 1 aliphatic heterocycles. The zero-order valence-corrected chi connectivity index (χ0v) is 14.2. The average molecular weight is 337 g/mol. The molecule has 132 valence electrons. The lowest BCUT2D eigenvalue weighted by atomic mass is 9.82. The number of nitrogens with one attached hydrogen (secondary N) is 1. The van der Waals surface area contributed by atoms with Gasteiger partial charge in [0.2, 0.25) is 5.75 Å². The van der Waals surface area contributed by atoms with Crippen LogP contribution in [0.25, 0.3) is 0 Å². The lowest BCUT2D eigenvalue weighted by molar-refractivity contribution is -0.149. The van der Waals surface area contributed by atoms with E-state index in [4.69, 9.17) is 14.2 Å². The zero-order chi connectivity index (χ0) is 17.7. The first-order valence-corrected chi connectivity index (χ1v) is 7.96. The van der Waals surface area contributed by atoms with Gasteiger partial charge in [0.05, 0.1) is 12.5 Å². The lowest BCUT2D eigenvalue weighted by Gasteiger charge is -2.27. The predicted octanol–water partition coefficient (Wildman–Crippen LogP) is 2.09. The van der Waals surface area contributed by atoms with E-state index in [1.807, 2.05) is 0 Å². The summed E-state index contributed by atoms with van der Waals surface area (Å²) >= 11 is 0. The number of fused-ring (bicyclic) bond motifs is 1. The first kappa shape index (κ1) is 17.9. The van der Waals surface area contributed by atoms with Crippen LogP contribution >= 0.6 is 0 Å². The Labute approximate surface area is 140 Å². The molecule has 0 aromatic heterocycles. The van der Waals surface area contributed by atoms with Crippen LogP contribution in [0.4, 0.5) is 0 Å². The van der Waals surface area contributed by atoms with Crippen molar-refractivity contribution in [2.45, 2.75) is 26.7 Å². The molecule has 0 fully saturated rings. The number of benzene rings is 1. The van der Waals surface area contributed by atoms with Gasteiger partial charge in [0.25, 0.3) is 5.91 Å². The van der Waals surface area contributed by atoms with Crippen LogP contribution in [-0.2, 0) is 4.79 Å². The van der Waals surface area contributed by atoms with Gasteiger partial charge in [-0.2, -0.15) is 0 Å². The van der Waals surface area contributed by atoms with Gasteiger partial charge in [-0.1, -0.05) is 13.8 Å². The number of ether oxygens (including phenoxy) is 3. The van der Waals surface area contributed by atoms with E-state index < -0.39 is 11.4 Å². The van der Waals surface area contributed by atoms with Crippen LogP contribution in [0.15, 0.2) is 12.1 Å². The normalized spacial score (nSPS) is 13.3. The molecule has 1 heterocycles. The molecule has 1 aromatic rings. The van der Waals surface area contributed by atoms with Gasteiger partial charge < -0.3 is 24.6 Å². The molecule has 0 radical (unpaired) electrons. The van der Waals surface area contributed by atoms with E-state index in [0.29, 0.717) is 48.9 Å². The highest BCUT2D eigenvalue weighted by molar-refractivity contribution is 5.96. The minimum absolute atomic E-state index is 0.0604. The first-order chi connectivity index (χ1) is 11.5. The van der Waals surface area contributed by atoms with Crippen LogP contribution in [0.2, 0.25) is 0 Å². The second kappa shape index (κ2) is 7.42. The van der Waals surface area contributed by atoms with E-state index in [9.17, 15) is 14.7 Å². The van der Waals surface area contributed by atoms with Crippen LogP contribution in [-0.4, -0.2) is 43.9 Å². The number of rotatable bonds is 7. The van der Waals surface area contributed by atoms with E-state index in [0.717, 1.165) is 0 Å². The molecule has 1 amide bonds.